The molecule has 124 valence electrons. The first-order valence-electron chi connectivity index (χ1n) is 7.80. The van der Waals surface area contributed by atoms with Crippen LogP contribution in [0.2, 0.25) is 0 Å². The normalized spacial score (nSPS) is 18.1. The maximum Gasteiger partial charge on any atom is 0.238 e. The van der Waals surface area contributed by atoms with Crippen molar-refractivity contribution < 1.29 is 17.7 Å². The summed E-state index contributed by atoms with van der Waals surface area (Å²) in [6.45, 7) is 3.72. The van der Waals surface area contributed by atoms with Crippen LogP contribution in [0.25, 0.3) is 0 Å². The van der Waals surface area contributed by atoms with Gasteiger partial charge in [-0.3, -0.25) is 4.79 Å². The first kappa shape index (κ1) is 17.0. The van der Waals surface area contributed by atoms with Crippen LogP contribution in [0, 0.1) is 12.8 Å². The van der Waals surface area contributed by atoms with Gasteiger partial charge < -0.3 is 9.84 Å². The molecule has 1 amide bonds. The van der Waals surface area contributed by atoms with Gasteiger partial charge in [0.2, 0.25) is 5.91 Å². The SMILES string of the molecule is Cc1cc(CS(=O)(=O)[C@H](C)C(=O)NCC2CCCCC2)on1. The van der Waals surface area contributed by atoms with Crippen LogP contribution >= 0.6 is 0 Å². The standard InChI is InChI=1S/C15H24N2O4S/c1-11-8-14(21-17-11)10-22(19,20)12(2)15(18)16-9-13-6-4-3-5-7-13/h8,12-13H,3-7,9-10H2,1-2H3,(H,16,18)/t12-/m1/s1. The summed E-state index contributed by atoms with van der Waals surface area (Å²) in [5, 5.41) is 5.37. The van der Waals surface area contributed by atoms with Crippen LogP contribution in [0.1, 0.15) is 50.5 Å². The molecule has 1 aromatic heterocycles. The number of carbonyl (C=O) groups is 1. The summed E-state index contributed by atoms with van der Waals surface area (Å²) in [7, 11) is -3.60. The number of nitrogens with one attached hydrogen (secondary N) is 1. The number of hydrogen-bond donors (Lipinski definition) is 1. The zero-order chi connectivity index (χ0) is 16.2. The highest BCUT2D eigenvalue weighted by Crippen LogP contribution is 2.23. The Balaban J connectivity index is 1.87. The van der Waals surface area contributed by atoms with Gasteiger partial charge >= 0.3 is 0 Å². The molecule has 0 unspecified atom stereocenters. The molecule has 1 N–H and O–H groups in total. The Bertz CT molecular complexity index is 603. The molecule has 0 radical (unpaired) electrons. The Morgan fingerprint density at radius 1 is 1.41 bits per heavy atom. The van der Waals surface area contributed by atoms with Crippen molar-refractivity contribution in [3.05, 3.63) is 17.5 Å². The first-order valence-corrected chi connectivity index (χ1v) is 9.51. The highest BCUT2D eigenvalue weighted by molar-refractivity contribution is 7.92. The number of amides is 1. The lowest BCUT2D eigenvalue weighted by Crippen LogP contribution is -2.40. The molecule has 1 saturated carbocycles. The summed E-state index contributed by atoms with van der Waals surface area (Å²) < 4.78 is 29.4. The summed E-state index contributed by atoms with van der Waals surface area (Å²) in [6.07, 6.45) is 5.86. The van der Waals surface area contributed by atoms with Gasteiger partial charge in [0.05, 0.1) is 5.69 Å². The molecule has 2 rings (SSSR count). The lowest BCUT2D eigenvalue weighted by atomic mass is 9.89. The molecular formula is C15H24N2O4S. The molecule has 0 spiro atoms. The summed E-state index contributed by atoms with van der Waals surface area (Å²) in [5.74, 6) is 0.0158. The van der Waals surface area contributed by atoms with Crippen molar-refractivity contribution in [1.29, 1.82) is 0 Å². The molecule has 22 heavy (non-hydrogen) atoms. The third-order valence-corrected chi connectivity index (χ3v) is 6.20. The highest BCUT2D eigenvalue weighted by atomic mass is 32.2. The minimum absolute atomic E-state index is 0.268. The van der Waals surface area contributed by atoms with Crippen LogP contribution in [-0.2, 0) is 20.4 Å². The largest absolute Gasteiger partial charge is 0.360 e. The highest BCUT2D eigenvalue weighted by Gasteiger charge is 2.29. The Labute approximate surface area is 131 Å². The lowest BCUT2D eigenvalue weighted by molar-refractivity contribution is -0.120. The topological polar surface area (TPSA) is 89.3 Å². The predicted molar refractivity (Wildman–Crippen MR) is 82.9 cm³/mol. The van der Waals surface area contributed by atoms with Gasteiger partial charge in [-0.1, -0.05) is 24.4 Å². The van der Waals surface area contributed by atoms with E-state index in [1.165, 1.54) is 26.2 Å². The van der Waals surface area contributed by atoms with Gasteiger partial charge in [-0.15, -0.1) is 0 Å². The Hall–Kier alpha value is -1.37. The monoisotopic (exact) mass is 328 g/mol. The Morgan fingerprint density at radius 3 is 2.68 bits per heavy atom. The van der Waals surface area contributed by atoms with Crippen LogP contribution in [0.3, 0.4) is 0 Å². The first-order chi connectivity index (χ1) is 10.4. The van der Waals surface area contributed by atoms with E-state index in [9.17, 15) is 13.2 Å². The minimum atomic E-state index is -3.60. The molecule has 1 aliphatic rings. The minimum Gasteiger partial charge on any atom is -0.360 e. The third kappa shape index (κ3) is 4.56. The second-order valence-electron chi connectivity index (χ2n) is 6.13. The van der Waals surface area contributed by atoms with E-state index >= 15 is 0 Å². The molecule has 0 aromatic carbocycles. The second-order valence-corrected chi connectivity index (χ2v) is 8.45. The molecule has 0 bridgehead atoms. The fourth-order valence-corrected chi connectivity index (χ4v) is 3.94. The van der Waals surface area contributed by atoms with Gasteiger partial charge in [-0.25, -0.2) is 8.42 Å². The number of nitrogens with zero attached hydrogens (tertiary/aromatic N) is 1. The van der Waals surface area contributed by atoms with E-state index in [2.05, 4.69) is 10.5 Å². The van der Waals surface area contributed by atoms with Crippen molar-refractivity contribution in [2.75, 3.05) is 6.54 Å². The van der Waals surface area contributed by atoms with Crippen molar-refractivity contribution >= 4 is 15.7 Å². The van der Waals surface area contributed by atoms with Gasteiger partial charge in [0, 0.05) is 12.6 Å². The van der Waals surface area contributed by atoms with Gasteiger partial charge in [-0.2, -0.15) is 0 Å². The van der Waals surface area contributed by atoms with Crippen LogP contribution in [0.4, 0.5) is 0 Å². The average Bonchev–Trinajstić information content (AvgIpc) is 2.89. The van der Waals surface area contributed by atoms with Crippen LogP contribution < -0.4 is 5.32 Å². The summed E-state index contributed by atoms with van der Waals surface area (Å²) in [6, 6.07) is 1.57. The van der Waals surface area contributed by atoms with Crippen LogP contribution in [-0.4, -0.2) is 31.3 Å². The molecule has 1 atom stereocenters. The van der Waals surface area contributed by atoms with Gasteiger partial charge in [0.25, 0.3) is 0 Å². The smallest absolute Gasteiger partial charge is 0.238 e. The number of sulfone groups is 1. The quantitative estimate of drug-likeness (QED) is 0.862. The van der Waals surface area contributed by atoms with E-state index in [1.807, 2.05) is 0 Å². The zero-order valence-electron chi connectivity index (χ0n) is 13.2. The number of rotatable bonds is 6. The van der Waals surface area contributed by atoms with Crippen molar-refractivity contribution in [2.45, 2.75) is 57.0 Å². The molecule has 6 nitrogen and oxygen atoms in total. The van der Waals surface area contributed by atoms with Gasteiger partial charge in [0.1, 0.15) is 11.0 Å². The lowest BCUT2D eigenvalue weighted by Gasteiger charge is -2.22. The Morgan fingerprint density at radius 2 is 2.09 bits per heavy atom. The molecule has 1 heterocycles. The number of aromatic nitrogens is 1. The fraction of sp³-hybridized carbons (Fsp3) is 0.733. The molecule has 1 aliphatic carbocycles. The summed E-state index contributed by atoms with van der Waals surface area (Å²) in [4.78, 5) is 12.1. The maximum atomic E-state index is 12.3. The Kier molecular flexibility index (Phi) is 5.61. The van der Waals surface area contributed by atoms with Crippen molar-refractivity contribution in [1.82, 2.24) is 10.5 Å². The van der Waals surface area contributed by atoms with Crippen LogP contribution in [0.15, 0.2) is 10.6 Å². The van der Waals surface area contributed by atoms with E-state index in [4.69, 9.17) is 4.52 Å². The van der Waals surface area contributed by atoms with E-state index in [1.54, 1.807) is 13.0 Å². The van der Waals surface area contributed by atoms with Gasteiger partial charge in [-0.05, 0) is 32.6 Å². The predicted octanol–water partition coefficient (Wildman–Crippen LogP) is 1.98. The number of carbonyl (C=O) groups excluding carboxylic acids is 1. The summed E-state index contributed by atoms with van der Waals surface area (Å²) >= 11 is 0. The second kappa shape index (κ2) is 7.26. The molecular weight excluding hydrogens is 304 g/mol. The van der Waals surface area contributed by atoms with Gasteiger partial charge in [0.15, 0.2) is 15.6 Å². The summed E-state index contributed by atoms with van der Waals surface area (Å²) in [5.41, 5.74) is 0.625. The molecule has 1 fully saturated rings. The van der Waals surface area contributed by atoms with Crippen LogP contribution in [0.5, 0.6) is 0 Å². The van der Waals surface area contributed by atoms with E-state index in [-0.39, 0.29) is 11.5 Å². The fourth-order valence-electron chi connectivity index (χ4n) is 2.75. The molecule has 0 saturated heterocycles. The third-order valence-electron chi connectivity index (χ3n) is 4.22. The molecule has 1 aromatic rings. The zero-order valence-corrected chi connectivity index (χ0v) is 14.0. The van der Waals surface area contributed by atoms with E-state index in [0.29, 0.717) is 18.2 Å². The van der Waals surface area contributed by atoms with Crippen molar-refractivity contribution in [2.24, 2.45) is 5.92 Å². The van der Waals surface area contributed by atoms with Crippen molar-refractivity contribution in [3.63, 3.8) is 0 Å². The molecule has 0 aliphatic heterocycles. The maximum absolute atomic E-state index is 12.3. The number of aryl methyl sites for hydroxylation is 1. The molecule has 7 heteroatoms. The van der Waals surface area contributed by atoms with E-state index < -0.39 is 21.0 Å². The number of hydrogen-bond acceptors (Lipinski definition) is 5. The van der Waals surface area contributed by atoms with Crippen molar-refractivity contribution in [3.8, 4) is 0 Å². The average molecular weight is 328 g/mol. The van der Waals surface area contributed by atoms with E-state index in [0.717, 1.165) is 12.8 Å².